The lowest BCUT2D eigenvalue weighted by molar-refractivity contribution is 0.929. The molecule has 68 valence electrons. The highest BCUT2D eigenvalue weighted by Crippen LogP contribution is 2.27. The Hall–Kier alpha value is -0.960. The van der Waals surface area contributed by atoms with Crippen LogP contribution in [0, 0.1) is 11.6 Å². The van der Waals surface area contributed by atoms with Crippen molar-refractivity contribution in [2.45, 2.75) is 26.2 Å². The molecule has 1 heterocycles. The van der Waals surface area contributed by atoms with Crippen LogP contribution in [0.4, 0.5) is 0 Å². The number of hydrogen-bond acceptors (Lipinski definition) is 2. The minimum Gasteiger partial charge on any atom is -0.346 e. The van der Waals surface area contributed by atoms with Crippen LogP contribution < -0.4 is 0 Å². The second-order valence-electron chi connectivity index (χ2n) is 3.33. The van der Waals surface area contributed by atoms with Crippen molar-refractivity contribution in [2.24, 2.45) is 0 Å². The second-order valence-corrected chi connectivity index (χ2v) is 3.72. The summed E-state index contributed by atoms with van der Waals surface area (Å²) in [7, 11) is 0. The van der Waals surface area contributed by atoms with Gasteiger partial charge < -0.3 is 4.98 Å². The van der Waals surface area contributed by atoms with Crippen LogP contribution in [-0.4, -0.2) is 9.97 Å². The zero-order valence-corrected chi connectivity index (χ0v) is 8.45. The summed E-state index contributed by atoms with van der Waals surface area (Å²) in [6, 6.07) is 0. The topological polar surface area (TPSA) is 28.7 Å². The molecule has 0 fully saturated rings. The molecule has 1 aromatic heterocycles. The molecule has 0 aliphatic heterocycles. The van der Waals surface area contributed by atoms with Gasteiger partial charge in [-0.3, -0.25) is 0 Å². The lowest BCUT2D eigenvalue weighted by Gasteiger charge is -2.05. The minimum atomic E-state index is 0.710. The van der Waals surface area contributed by atoms with Crippen LogP contribution in [0.1, 0.15) is 30.5 Å². The first kappa shape index (κ1) is 8.63. The van der Waals surface area contributed by atoms with Crippen LogP contribution >= 0.6 is 12.2 Å². The Labute approximate surface area is 82.7 Å². The highest BCUT2D eigenvalue weighted by molar-refractivity contribution is 7.71. The maximum absolute atomic E-state index is 5.12. The third-order valence-corrected chi connectivity index (χ3v) is 2.86. The van der Waals surface area contributed by atoms with Gasteiger partial charge in [0.1, 0.15) is 4.64 Å². The summed E-state index contributed by atoms with van der Waals surface area (Å²) < 4.78 is 0.710. The van der Waals surface area contributed by atoms with Gasteiger partial charge in [-0.15, -0.1) is 0 Å². The summed E-state index contributed by atoms with van der Waals surface area (Å²) in [5.41, 5.74) is 3.68. The number of nitrogens with one attached hydrogen (secondary N) is 1. The molecule has 3 heteroatoms. The van der Waals surface area contributed by atoms with Gasteiger partial charge in [0.15, 0.2) is 0 Å². The Morgan fingerprint density at radius 1 is 1.54 bits per heavy atom. The van der Waals surface area contributed by atoms with Gasteiger partial charge in [0.25, 0.3) is 0 Å². The SMILES string of the molecule is Cc1c(C2=CCCC2)[nH]cnc1=S. The Morgan fingerprint density at radius 2 is 2.38 bits per heavy atom. The van der Waals surface area contributed by atoms with Crippen molar-refractivity contribution in [1.29, 1.82) is 0 Å². The largest absolute Gasteiger partial charge is 0.346 e. The van der Waals surface area contributed by atoms with Crippen molar-refractivity contribution in [3.63, 3.8) is 0 Å². The molecule has 0 saturated heterocycles. The average Bonchev–Trinajstić information content (AvgIpc) is 2.62. The Bertz CT molecular complexity index is 404. The van der Waals surface area contributed by atoms with Crippen molar-refractivity contribution < 1.29 is 0 Å². The molecule has 2 nitrogen and oxygen atoms in total. The quantitative estimate of drug-likeness (QED) is 0.693. The van der Waals surface area contributed by atoms with E-state index in [4.69, 9.17) is 12.2 Å². The third-order valence-electron chi connectivity index (χ3n) is 2.45. The van der Waals surface area contributed by atoms with E-state index in [0.29, 0.717) is 4.64 Å². The first-order chi connectivity index (χ1) is 6.29. The van der Waals surface area contributed by atoms with E-state index >= 15 is 0 Å². The summed E-state index contributed by atoms with van der Waals surface area (Å²) in [6.07, 6.45) is 7.59. The lowest BCUT2D eigenvalue weighted by Crippen LogP contribution is -1.94. The Kier molecular flexibility index (Phi) is 2.27. The van der Waals surface area contributed by atoms with Crippen LogP contribution in [-0.2, 0) is 0 Å². The summed E-state index contributed by atoms with van der Waals surface area (Å²) in [5.74, 6) is 0. The number of hydrogen-bond donors (Lipinski definition) is 1. The molecular weight excluding hydrogens is 180 g/mol. The Morgan fingerprint density at radius 3 is 3.08 bits per heavy atom. The predicted octanol–water partition coefficient (Wildman–Crippen LogP) is 3.01. The van der Waals surface area contributed by atoms with E-state index in [-0.39, 0.29) is 0 Å². The predicted molar refractivity (Wildman–Crippen MR) is 56.0 cm³/mol. The van der Waals surface area contributed by atoms with E-state index in [9.17, 15) is 0 Å². The highest BCUT2D eigenvalue weighted by atomic mass is 32.1. The monoisotopic (exact) mass is 192 g/mol. The fraction of sp³-hybridized carbons (Fsp3) is 0.400. The van der Waals surface area contributed by atoms with Gasteiger partial charge in [0, 0.05) is 11.3 Å². The van der Waals surface area contributed by atoms with Crippen LogP contribution in [0.5, 0.6) is 0 Å². The maximum Gasteiger partial charge on any atom is 0.132 e. The molecule has 0 bridgehead atoms. The van der Waals surface area contributed by atoms with Crippen LogP contribution in [0.25, 0.3) is 5.57 Å². The number of H-pyrrole nitrogens is 1. The first-order valence-corrected chi connectivity index (χ1v) is 4.93. The molecule has 0 saturated carbocycles. The number of allylic oxidation sites excluding steroid dienone is 2. The first-order valence-electron chi connectivity index (χ1n) is 4.53. The van der Waals surface area contributed by atoms with Gasteiger partial charge in [0.05, 0.1) is 6.33 Å². The fourth-order valence-corrected chi connectivity index (χ4v) is 1.85. The lowest BCUT2D eigenvalue weighted by atomic mass is 10.1. The smallest absolute Gasteiger partial charge is 0.132 e. The van der Waals surface area contributed by atoms with Gasteiger partial charge in [0.2, 0.25) is 0 Å². The molecule has 0 atom stereocenters. The minimum absolute atomic E-state index is 0.710. The van der Waals surface area contributed by atoms with Gasteiger partial charge in [-0.1, -0.05) is 18.3 Å². The molecule has 0 radical (unpaired) electrons. The number of aromatic nitrogens is 2. The zero-order valence-electron chi connectivity index (χ0n) is 7.63. The standard InChI is InChI=1S/C10H12N2S/c1-7-9(8-4-2-3-5-8)11-6-12-10(7)13/h4,6H,2-3,5H2,1H3,(H,11,12,13). The molecule has 0 amide bonds. The molecule has 13 heavy (non-hydrogen) atoms. The molecule has 1 aliphatic rings. The zero-order chi connectivity index (χ0) is 9.26. The summed E-state index contributed by atoms with van der Waals surface area (Å²) >= 11 is 5.12. The number of aromatic amines is 1. The van der Waals surface area contributed by atoms with Crippen molar-refractivity contribution in [1.82, 2.24) is 9.97 Å². The molecule has 0 aromatic carbocycles. The summed E-state index contributed by atoms with van der Waals surface area (Å²) in [6.45, 7) is 2.03. The highest BCUT2D eigenvalue weighted by Gasteiger charge is 2.10. The van der Waals surface area contributed by atoms with Crippen LogP contribution in [0.2, 0.25) is 0 Å². The fourth-order valence-electron chi connectivity index (χ4n) is 1.70. The maximum atomic E-state index is 5.12. The van der Waals surface area contributed by atoms with E-state index in [1.165, 1.54) is 24.1 Å². The molecule has 1 aliphatic carbocycles. The van der Waals surface area contributed by atoms with Crippen LogP contribution in [0.15, 0.2) is 12.4 Å². The van der Waals surface area contributed by atoms with Crippen molar-refractivity contribution >= 4 is 17.8 Å². The van der Waals surface area contributed by atoms with Gasteiger partial charge in [-0.25, -0.2) is 4.98 Å². The van der Waals surface area contributed by atoms with E-state index in [0.717, 1.165) is 12.0 Å². The third kappa shape index (κ3) is 1.56. The Balaban J connectivity index is 2.51. The molecule has 2 rings (SSSR count). The van der Waals surface area contributed by atoms with Gasteiger partial charge in [-0.2, -0.15) is 0 Å². The van der Waals surface area contributed by atoms with Gasteiger partial charge in [-0.05, 0) is 31.8 Å². The average molecular weight is 192 g/mol. The van der Waals surface area contributed by atoms with E-state index in [1.54, 1.807) is 6.33 Å². The van der Waals surface area contributed by atoms with E-state index in [1.807, 2.05) is 6.92 Å². The normalized spacial score (nSPS) is 15.9. The van der Waals surface area contributed by atoms with Crippen molar-refractivity contribution in [3.05, 3.63) is 28.3 Å². The van der Waals surface area contributed by atoms with Gasteiger partial charge >= 0.3 is 0 Å². The molecule has 0 spiro atoms. The van der Waals surface area contributed by atoms with Crippen molar-refractivity contribution in [3.8, 4) is 0 Å². The van der Waals surface area contributed by atoms with Crippen LogP contribution in [0.3, 0.4) is 0 Å². The molecule has 1 aromatic rings. The van der Waals surface area contributed by atoms with E-state index in [2.05, 4.69) is 16.0 Å². The summed E-state index contributed by atoms with van der Waals surface area (Å²) in [4.78, 5) is 7.22. The number of nitrogens with zero attached hydrogens (tertiary/aromatic N) is 1. The second kappa shape index (κ2) is 3.42. The molecule has 0 unspecified atom stereocenters. The number of rotatable bonds is 1. The molecule has 1 N–H and O–H groups in total. The summed E-state index contributed by atoms with van der Waals surface area (Å²) in [5, 5.41) is 0. The van der Waals surface area contributed by atoms with E-state index < -0.39 is 0 Å². The molecular formula is C10H12N2S. The van der Waals surface area contributed by atoms with Crippen molar-refractivity contribution in [2.75, 3.05) is 0 Å².